The molecule has 1 aromatic heterocycles. The molecule has 6 nitrogen and oxygen atoms in total. The lowest BCUT2D eigenvalue weighted by Crippen LogP contribution is -2.36. The van der Waals surface area contributed by atoms with E-state index in [1.165, 1.54) is 12.1 Å². The zero-order chi connectivity index (χ0) is 22.2. The van der Waals surface area contributed by atoms with Crippen molar-refractivity contribution >= 4 is 28.3 Å². The second kappa shape index (κ2) is 8.39. The molecule has 0 radical (unpaired) electrons. The van der Waals surface area contributed by atoms with Gasteiger partial charge in [-0.05, 0) is 66.8 Å². The van der Waals surface area contributed by atoms with Crippen molar-refractivity contribution in [3.8, 4) is 11.1 Å². The number of rotatable bonds is 3. The van der Waals surface area contributed by atoms with E-state index in [1.807, 2.05) is 36.1 Å². The fourth-order valence-corrected chi connectivity index (χ4v) is 4.78. The summed E-state index contributed by atoms with van der Waals surface area (Å²) in [5, 5.41) is 0.932. The molecule has 2 saturated heterocycles. The number of aromatic nitrogens is 1. The number of morpholine rings is 1. The van der Waals surface area contributed by atoms with Crippen LogP contribution in [0, 0.1) is 12.7 Å². The Morgan fingerprint density at radius 1 is 1.06 bits per heavy atom. The van der Waals surface area contributed by atoms with Gasteiger partial charge in [0.15, 0.2) is 0 Å². The molecule has 2 aliphatic heterocycles. The number of nitrogen functional groups attached to an aromatic ring is 1. The number of hydrogen-bond donors (Lipinski definition) is 1. The fraction of sp³-hybridized carbons (Fsp3) is 0.360. The van der Waals surface area contributed by atoms with E-state index in [0.717, 1.165) is 72.3 Å². The molecule has 166 valence electrons. The number of likely N-dealkylation sites (tertiary alicyclic amines) is 1. The largest absolute Gasteiger partial charge is 0.382 e. The highest BCUT2D eigenvalue weighted by atomic mass is 19.1. The van der Waals surface area contributed by atoms with E-state index in [0.29, 0.717) is 24.6 Å². The van der Waals surface area contributed by atoms with Crippen LogP contribution in [-0.2, 0) is 4.74 Å². The summed E-state index contributed by atoms with van der Waals surface area (Å²) in [5.74, 6) is -0.00160. The maximum Gasteiger partial charge on any atom is 0.254 e. The Bertz CT molecular complexity index is 1180. The average Bonchev–Trinajstić information content (AvgIpc) is 3.33. The molecule has 0 bridgehead atoms. The summed E-state index contributed by atoms with van der Waals surface area (Å²) in [6.45, 7) is 6.15. The number of carbonyl (C=O) groups excluding carboxylic acids is 1. The van der Waals surface area contributed by atoms with Crippen LogP contribution in [-0.4, -0.2) is 55.2 Å². The number of anilines is 2. The summed E-state index contributed by atoms with van der Waals surface area (Å²) in [4.78, 5) is 21.8. The van der Waals surface area contributed by atoms with Crippen molar-refractivity contribution in [1.29, 1.82) is 0 Å². The summed E-state index contributed by atoms with van der Waals surface area (Å²) >= 11 is 0. The van der Waals surface area contributed by atoms with Crippen LogP contribution in [0.5, 0.6) is 0 Å². The van der Waals surface area contributed by atoms with Crippen LogP contribution in [0.2, 0.25) is 0 Å². The molecule has 2 fully saturated rings. The van der Waals surface area contributed by atoms with Crippen LogP contribution >= 0.6 is 0 Å². The van der Waals surface area contributed by atoms with Gasteiger partial charge in [0.1, 0.15) is 11.6 Å². The molecule has 1 amide bonds. The van der Waals surface area contributed by atoms with E-state index in [9.17, 15) is 9.18 Å². The highest BCUT2D eigenvalue weighted by Gasteiger charge is 2.24. The van der Waals surface area contributed by atoms with Gasteiger partial charge in [0.25, 0.3) is 5.91 Å². The minimum atomic E-state index is -0.390. The quantitative estimate of drug-likeness (QED) is 0.675. The van der Waals surface area contributed by atoms with Crippen LogP contribution in [0.1, 0.15) is 28.8 Å². The summed E-state index contributed by atoms with van der Waals surface area (Å²) in [7, 11) is 0. The number of nitrogens with two attached hydrogens (primary N) is 1. The number of benzene rings is 2. The Labute approximate surface area is 186 Å². The van der Waals surface area contributed by atoms with Crippen LogP contribution in [0.25, 0.3) is 22.0 Å². The normalized spacial score (nSPS) is 16.7. The van der Waals surface area contributed by atoms with E-state index >= 15 is 0 Å². The van der Waals surface area contributed by atoms with E-state index in [4.69, 9.17) is 10.5 Å². The number of fused-ring (bicyclic) bond motifs is 1. The number of pyridine rings is 1. The van der Waals surface area contributed by atoms with Gasteiger partial charge >= 0.3 is 0 Å². The molecule has 3 aromatic rings. The Morgan fingerprint density at radius 2 is 1.81 bits per heavy atom. The molecule has 0 spiro atoms. The van der Waals surface area contributed by atoms with Gasteiger partial charge in [-0.3, -0.25) is 4.79 Å². The number of halogens is 1. The molecule has 2 aromatic carbocycles. The first-order valence-electron chi connectivity index (χ1n) is 11.1. The van der Waals surface area contributed by atoms with Crippen molar-refractivity contribution in [2.45, 2.75) is 19.8 Å². The lowest BCUT2D eigenvalue weighted by molar-refractivity contribution is 0.0793. The maximum absolute atomic E-state index is 14.3. The monoisotopic (exact) mass is 434 g/mol. The molecule has 0 atom stereocenters. The summed E-state index contributed by atoms with van der Waals surface area (Å²) in [6, 6.07) is 10.8. The van der Waals surface area contributed by atoms with Gasteiger partial charge in [-0.15, -0.1) is 0 Å². The third-order valence-corrected chi connectivity index (χ3v) is 6.39. The number of carbonyl (C=O) groups is 1. The highest BCUT2D eigenvalue weighted by molar-refractivity contribution is 6.03. The Hall–Kier alpha value is -3.19. The number of hydrogen-bond acceptors (Lipinski definition) is 5. The van der Waals surface area contributed by atoms with Crippen LogP contribution < -0.4 is 10.6 Å². The van der Waals surface area contributed by atoms with Gasteiger partial charge in [-0.1, -0.05) is 6.07 Å². The predicted octanol–water partition coefficient (Wildman–Crippen LogP) is 4.00. The van der Waals surface area contributed by atoms with Crippen LogP contribution in [0.15, 0.2) is 36.4 Å². The number of amides is 1. The van der Waals surface area contributed by atoms with Gasteiger partial charge in [-0.25, -0.2) is 9.37 Å². The molecule has 5 rings (SSSR count). The molecule has 3 heterocycles. The average molecular weight is 435 g/mol. The predicted molar refractivity (Wildman–Crippen MR) is 124 cm³/mol. The Kier molecular flexibility index (Phi) is 5.43. The van der Waals surface area contributed by atoms with Crippen molar-refractivity contribution < 1.29 is 13.9 Å². The van der Waals surface area contributed by atoms with Crippen molar-refractivity contribution in [2.75, 3.05) is 50.0 Å². The minimum absolute atomic E-state index is 0.107. The second-order valence-electron chi connectivity index (χ2n) is 8.54. The van der Waals surface area contributed by atoms with E-state index in [1.54, 1.807) is 0 Å². The molecule has 0 saturated carbocycles. The van der Waals surface area contributed by atoms with Crippen molar-refractivity contribution in [1.82, 2.24) is 9.88 Å². The molecular formula is C25H27FN4O2. The summed E-state index contributed by atoms with van der Waals surface area (Å²) in [5.41, 5.74) is 10.7. The number of ether oxygens (including phenoxy) is 1. The highest BCUT2D eigenvalue weighted by Crippen LogP contribution is 2.34. The van der Waals surface area contributed by atoms with Gasteiger partial charge in [0.05, 0.1) is 30.0 Å². The van der Waals surface area contributed by atoms with Gasteiger partial charge in [0, 0.05) is 31.6 Å². The SMILES string of the molecule is Cc1cc(F)cc(C(=O)N2CCCC2)c1-c1ccc2nc(N)c(N3CCOCC3)cc2c1. The van der Waals surface area contributed by atoms with Crippen molar-refractivity contribution in [3.63, 3.8) is 0 Å². The first-order valence-corrected chi connectivity index (χ1v) is 11.1. The van der Waals surface area contributed by atoms with Gasteiger partial charge in [0.2, 0.25) is 0 Å². The summed E-state index contributed by atoms with van der Waals surface area (Å²) in [6.07, 6.45) is 1.98. The summed E-state index contributed by atoms with van der Waals surface area (Å²) < 4.78 is 19.8. The van der Waals surface area contributed by atoms with Crippen molar-refractivity contribution in [3.05, 3.63) is 53.3 Å². The lowest BCUT2D eigenvalue weighted by Gasteiger charge is -2.29. The third-order valence-electron chi connectivity index (χ3n) is 6.39. The zero-order valence-electron chi connectivity index (χ0n) is 18.2. The third kappa shape index (κ3) is 3.77. The molecule has 2 N–H and O–H groups in total. The zero-order valence-corrected chi connectivity index (χ0v) is 18.2. The smallest absolute Gasteiger partial charge is 0.254 e. The van der Waals surface area contributed by atoms with E-state index in [2.05, 4.69) is 9.88 Å². The molecule has 2 aliphatic rings. The standard InChI is InChI=1S/C25H27FN4O2/c1-16-12-19(26)15-20(25(31)30-6-2-3-7-30)23(16)17-4-5-21-18(13-17)14-22(24(27)28-21)29-8-10-32-11-9-29/h4-5,12-15H,2-3,6-11H2,1H3,(H2,27,28). The topological polar surface area (TPSA) is 71.7 Å². The number of nitrogens with zero attached hydrogens (tertiary/aromatic N) is 3. The maximum atomic E-state index is 14.3. The Balaban J connectivity index is 1.61. The van der Waals surface area contributed by atoms with Gasteiger partial charge < -0.3 is 20.3 Å². The number of aryl methyl sites for hydroxylation is 1. The molecule has 7 heteroatoms. The molecule has 0 unspecified atom stereocenters. The van der Waals surface area contributed by atoms with Gasteiger partial charge in [-0.2, -0.15) is 0 Å². The van der Waals surface area contributed by atoms with Crippen LogP contribution in [0.3, 0.4) is 0 Å². The van der Waals surface area contributed by atoms with Crippen molar-refractivity contribution in [2.24, 2.45) is 0 Å². The Morgan fingerprint density at radius 3 is 2.56 bits per heavy atom. The minimum Gasteiger partial charge on any atom is -0.382 e. The molecule has 0 aliphatic carbocycles. The molecule has 32 heavy (non-hydrogen) atoms. The van der Waals surface area contributed by atoms with E-state index < -0.39 is 5.82 Å². The van der Waals surface area contributed by atoms with E-state index in [-0.39, 0.29) is 5.91 Å². The second-order valence-corrected chi connectivity index (χ2v) is 8.54. The molecular weight excluding hydrogens is 407 g/mol. The lowest BCUT2D eigenvalue weighted by atomic mass is 9.93. The first-order chi connectivity index (χ1) is 15.5. The fourth-order valence-electron chi connectivity index (χ4n) is 4.78. The van der Waals surface area contributed by atoms with Crippen LogP contribution in [0.4, 0.5) is 15.9 Å². The first kappa shape index (κ1) is 20.7.